The summed E-state index contributed by atoms with van der Waals surface area (Å²) >= 11 is 7.81. The van der Waals surface area contributed by atoms with Crippen molar-refractivity contribution in [1.29, 1.82) is 0 Å². The van der Waals surface area contributed by atoms with E-state index in [0.717, 1.165) is 33.9 Å². The maximum atomic E-state index is 6.11. The fourth-order valence-corrected chi connectivity index (χ4v) is 6.14. The van der Waals surface area contributed by atoms with Crippen LogP contribution in [0.4, 0.5) is 0 Å². The van der Waals surface area contributed by atoms with Crippen molar-refractivity contribution >= 4 is 22.9 Å². The van der Waals surface area contributed by atoms with Gasteiger partial charge < -0.3 is 0 Å². The molecule has 1 heterocycles. The fourth-order valence-electron chi connectivity index (χ4n) is 4.96. The van der Waals surface area contributed by atoms with E-state index < -0.39 is 0 Å². The monoisotopic (exact) mass is 325 g/mol. The van der Waals surface area contributed by atoms with Crippen molar-refractivity contribution < 1.29 is 0 Å². The van der Waals surface area contributed by atoms with Gasteiger partial charge in [0.15, 0.2) is 0 Å². The zero-order chi connectivity index (χ0) is 15.0. The Morgan fingerprint density at radius 2 is 1.71 bits per heavy atom. The molecule has 0 amide bonds. The van der Waals surface area contributed by atoms with E-state index in [1.807, 2.05) is 6.20 Å². The van der Waals surface area contributed by atoms with Gasteiger partial charge in [-0.25, -0.2) is 4.98 Å². The third-order valence-corrected chi connectivity index (χ3v) is 7.18. The highest BCUT2D eigenvalue weighted by Crippen LogP contribution is 2.48. The molecular formula is C18H28ClNS. The molecule has 2 saturated carbocycles. The van der Waals surface area contributed by atoms with Crippen molar-refractivity contribution in [3.8, 4) is 0 Å². The van der Waals surface area contributed by atoms with Gasteiger partial charge in [0, 0.05) is 5.92 Å². The third-order valence-electron chi connectivity index (χ3n) is 5.93. The Balaban J connectivity index is 1.70. The van der Waals surface area contributed by atoms with Crippen molar-refractivity contribution in [3.05, 3.63) is 15.5 Å². The minimum absolute atomic E-state index is 0.647. The molecule has 0 saturated heterocycles. The minimum Gasteiger partial charge on any atom is -0.248 e. The molecule has 0 aliphatic heterocycles. The molecule has 3 rings (SSSR count). The maximum Gasteiger partial charge on any atom is 0.113 e. The van der Waals surface area contributed by atoms with Crippen LogP contribution in [0.1, 0.15) is 70.2 Å². The first-order chi connectivity index (χ1) is 10.0. The summed E-state index contributed by atoms with van der Waals surface area (Å²) in [6, 6.07) is 0. The molecule has 1 nitrogen and oxygen atoms in total. The fraction of sp³-hybridized carbons (Fsp3) is 0.833. The summed E-state index contributed by atoms with van der Waals surface area (Å²) in [6.07, 6.45) is 10.3. The van der Waals surface area contributed by atoms with Gasteiger partial charge >= 0.3 is 0 Å². The van der Waals surface area contributed by atoms with Crippen LogP contribution in [0.25, 0.3) is 0 Å². The predicted molar refractivity (Wildman–Crippen MR) is 92.0 cm³/mol. The largest absolute Gasteiger partial charge is 0.248 e. The number of rotatable bonds is 2. The van der Waals surface area contributed by atoms with Crippen LogP contribution in [-0.2, 0) is 0 Å². The lowest BCUT2D eigenvalue weighted by Crippen LogP contribution is -2.31. The summed E-state index contributed by atoms with van der Waals surface area (Å²) in [5.74, 6) is 5.13. The minimum atomic E-state index is 0.647. The first-order valence-corrected chi connectivity index (χ1v) is 9.83. The van der Waals surface area contributed by atoms with Crippen LogP contribution in [0.5, 0.6) is 0 Å². The summed E-state index contributed by atoms with van der Waals surface area (Å²) in [5, 5.41) is 1.29. The highest BCUT2D eigenvalue weighted by atomic mass is 35.5. The Morgan fingerprint density at radius 3 is 2.33 bits per heavy atom. The molecule has 2 fully saturated rings. The average molecular weight is 326 g/mol. The molecule has 21 heavy (non-hydrogen) atoms. The van der Waals surface area contributed by atoms with E-state index in [9.17, 15) is 0 Å². The zero-order valence-corrected chi connectivity index (χ0v) is 15.1. The lowest BCUT2D eigenvalue weighted by Gasteiger charge is -2.41. The molecule has 0 aromatic carbocycles. The van der Waals surface area contributed by atoms with E-state index in [4.69, 9.17) is 11.6 Å². The van der Waals surface area contributed by atoms with Gasteiger partial charge in [-0.2, -0.15) is 0 Å². The standard InChI is InChI=1S/C18H28ClNS/c1-11-6-12(2)8-15(7-11)14-5-4-13(3)16(9-14)18-20-10-17(19)21-18/h10-16H,4-9H2,1-3H3. The maximum absolute atomic E-state index is 6.11. The second-order valence-corrected chi connectivity index (χ2v) is 9.53. The van der Waals surface area contributed by atoms with Crippen LogP contribution in [0.3, 0.4) is 0 Å². The Morgan fingerprint density at radius 1 is 1.00 bits per heavy atom. The van der Waals surface area contributed by atoms with Crippen molar-refractivity contribution in [2.24, 2.45) is 29.6 Å². The molecule has 2 aliphatic rings. The number of hydrogen-bond acceptors (Lipinski definition) is 2. The predicted octanol–water partition coefficient (Wildman–Crippen LogP) is 6.39. The lowest BCUT2D eigenvalue weighted by atomic mass is 9.64. The van der Waals surface area contributed by atoms with E-state index in [2.05, 4.69) is 25.8 Å². The molecule has 0 N–H and O–H groups in total. The van der Waals surface area contributed by atoms with Crippen LogP contribution in [0, 0.1) is 29.6 Å². The molecule has 1 aromatic rings. The van der Waals surface area contributed by atoms with E-state index in [1.54, 1.807) is 11.3 Å². The molecule has 3 heteroatoms. The van der Waals surface area contributed by atoms with Gasteiger partial charge in [0.1, 0.15) is 4.34 Å². The Labute approximate surface area is 138 Å². The van der Waals surface area contributed by atoms with Crippen LogP contribution in [-0.4, -0.2) is 4.98 Å². The SMILES string of the molecule is CC1CC(C)CC(C2CCC(C)C(c3ncc(Cl)s3)C2)C1. The highest BCUT2D eigenvalue weighted by Gasteiger charge is 2.37. The smallest absolute Gasteiger partial charge is 0.113 e. The van der Waals surface area contributed by atoms with Crippen LogP contribution < -0.4 is 0 Å². The second-order valence-electron chi connectivity index (χ2n) is 7.84. The number of nitrogens with zero attached hydrogens (tertiary/aromatic N) is 1. The van der Waals surface area contributed by atoms with Gasteiger partial charge in [-0.3, -0.25) is 0 Å². The normalized spacial score (nSPS) is 41.1. The van der Waals surface area contributed by atoms with E-state index in [-0.39, 0.29) is 0 Å². The molecule has 5 unspecified atom stereocenters. The number of halogens is 1. The molecule has 1 aromatic heterocycles. The van der Waals surface area contributed by atoms with Gasteiger partial charge in [0.25, 0.3) is 0 Å². The topological polar surface area (TPSA) is 12.9 Å². The Bertz CT molecular complexity index is 462. The molecule has 0 spiro atoms. The summed E-state index contributed by atoms with van der Waals surface area (Å²) in [5.41, 5.74) is 0. The van der Waals surface area contributed by atoms with Crippen LogP contribution in [0.15, 0.2) is 6.20 Å². The summed E-state index contributed by atoms with van der Waals surface area (Å²) in [6.45, 7) is 7.31. The zero-order valence-electron chi connectivity index (χ0n) is 13.5. The summed E-state index contributed by atoms with van der Waals surface area (Å²) < 4.78 is 0.847. The van der Waals surface area contributed by atoms with E-state index >= 15 is 0 Å². The molecule has 5 atom stereocenters. The first-order valence-electron chi connectivity index (χ1n) is 8.64. The third kappa shape index (κ3) is 3.64. The van der Waals surface area contributed by atoms with Crippen molar-refractivity contribution in [3.63, 3.8) is 0 Å². The van der Waals surface area contributed by atoms with Gasteiger partial charge in [0.05, 0.1) is 11.2 Å². The molecule has 0 radical (unpaired) electrons. The Kier molecular flexibility index (Phi) is 4.95. The van der Waals surface area contributed by atoms with Gasteiger partial charge in [-0.15, -0.1) is 11.3 Å². The number of aromatic nitrogens is 1. The van der Waals surface area contributed by atoms with E-state index in [0.29, 0.717) is 5.92 Å². The van der Waals surface area contributed by atoms with Crippen LogP contribution in [0.2, 0.25) is 4.34 Å². The van der Waals surface area contributed by atoms with E-state index in [1.165, 1.54) is 43.5 Å². The summed E-state index contributed by atoms with van der Waals surface area (Å²) in [7, 11) is 0. The van der Waals surface area contributed by atoms with Crippen molar-refractivity contribution in [2.75, 3.05) is 0 Å². The van der Waals surface area contributed by atoms with Gasteiger partial charge in [-0.1, -0.05) is 32.4 Å². The molecular weight excluding hydrogens is 298 g/mol. The van der Waals surface area contributed by atoms with Crippen molar-refractivity contribution in [1.82, 2.24) is 4.98 Å². The quantitative estimate of drug-likeness (QED) is 0.614. The molecule has 2 aliphatic carbocycles. The van der Waals surface area contributed by atoms with Crippen molar-refractivity contribution in [2.45, 2.75) is 65.2 Å². The first kappa shape index (κ1) is 15.8. The number of hydrogen-bond donors (Lipinski definition) is 0. The average Bonchev–Trinajstić information content (AvgIpc) is 2.84. The van der Waals surface area contributed by atoms with Gasteiger partial charge in [0.2, 0.25) is 0 Å². The molecule has 118 valence electrons. The van der Waals surface area contributed by atoms with Gasteiger partial charge in [-0.05, 0) is 68.1 Å². The van der Waals surface area contributed by atoms with Crippen LogP contribution >= 0.6 is 22.9 Å². The highest BCUT2D eigenvalue weighted by molar-refractivity contribution is 7.15. The number of thiazole rings is 1. The Hall–Kier alpha value is -0.0800. The second kappa shape index (κ2) is 6.58. The lowest BCUT2D eigenvalue weighted by molar-refractivity contribution is 0.110. The summed E-state index contributed by atoms with van der Waals surface area (Å²) in [4.78, 5) is 4.59. The molecule has 0 bridgehead atoms.